The minimum absolute atomic E-state index is 0.0633. The second-order valence-electron chi connectivity index (χ2n) is 6.61. The Kier molecular flexibility index (Phi) is 7.70. The Balaban J connectivity index is 2.14. The van der Waals surface area contributed by atoms with Crippen LogP contribution in [0.4, 0.5) is 4.39 Å². The standard InChI is InChI=1S/C21H24FN3O4/c1-13(26)24-19(12-14-5-3-7-16(22)9-14)21(28)25-18(20(23)27)11-15-6-4-8-17(10-15)29-2/h3-10,18-19H,11-12H2,1-2H3,(H2,23,27)(H,24,26)(H,25,28)/t18-,19-/m0/s1. The number of benzene rings is 2. The summed E-state index contributed by atoms with van der Waals surface area (Å²) in [6.07, 6.45) is 0.221. The van der Waals surface area contributed by atoms with Gasteiger partial charge in [0.1, 0.15) is 23.7 Å². The highest BCUT2D eigenvalue weighted by Crippen LogP contribution is 2.14. The maximum absolute atomic E-state index is 13.4. The van der Waals surface area contributed by atoms with Crippen LogP contribution in [-0.4, -0.2) is 36.9 Å². The minimum atomic E-state index is -0.988. The van der Waals surface area contributed by atoms with Crippen molar-refractivity contribution in [2.24, 2.45) is 5.73 Å². The Bertz CT molecular complexity index is 888. The van der Waals surface area contributed by atoms with Crippen LogP contribution in [0.1, 0.15) is 18.1 Å². The van der Waals surface area contributed by atoms with E-state index in [9.17, 15) is 18.8 Å². The number of rotatable bonds is 9. The van der Waals surface area contributed by atoms with E-state index >= 15 is 0 Å². The van der Waals surface area contributed by atoms with E-state index in [0.717, 1.165) is 5.56 Å². The van der Waals surface area contributed by atoms with Crippen LogP contribution in [0.5, 0.6) is 5.75 Å². The number of carbonyl (C=O) groups excluding carboxylic acids is 3. The zero-order valence-corrected chi connectivity index (χ0v) is 16.3. The number of hydrogen-bond donors (Lipinski definition) is 3. The second-order valence-corrected chi connectivity index (χ2v) is 6.61. The lowest BCUT2D eigenvalue weighted by Crippen LogP contribution is -2.54. The lowest BCUT2D eigenvalue weighted by molar-refractivity contribution is -0.130. The van der Waals surface area contributed by atoms with Gasteiger partial charge in [-0.15, -0.1) is 0 Å². The quantitative estimate of drug-likeness (QED) is 0.584. The summed E-state index contributed by atoms with van der Waals surface area (Å²) in [5.41, 5.74) is 6.73. The molecular formula is C21H24FN3O4. The summed E-state index contributed by atoms with van der Waals surface area (Å²) in [6.45, 7) is 1.27. The first-order chi connectivity index (χ1) is 13.8. The van der Waals surface area contributed by atoms with E-state index in [4.69, 9.17) is 10.5 Å². The van der Waals surface area contributed by atoms with Crippen molar-refractivity contribution in [2.75, 3.05) is 7.11 Å². The molecule has 2 aromatic rings. The molecule has 0 unspecified atom stereocenters. The summed E-state index contributed by atoms with van der Waals surface area (Å²) in [5.74, 6) is -1.56. The smallest absolute Gasteiger partial charge is 0.243 e. The Labute approximate surface area is 168 Å². The molecule has 0 aliphatic rings. The van der Waals surface area contributed by atoms with Gasteiger partial charge in [0.2, 0.25) is 17.7 Å². The summed E-state index contributed by atoms with van der Waals surface area (Å²) in [6, 6.07) is 10.8. The Morgan fingerprint density at radius 1 is 1.00 bits per heavy atom. The van der Waals surface area contributed by atoms with E-state index < -0.39 is 35.6 Å². The molecule has 154 valence electrons. The van der Waals surface area contributed by atoms with Crippen LogP contribution in [0.3, 0.4) is 0 Å². The number of hydrogen-bond acceptors (Lipinski definition) is 4. The van der Waals surface area contributed by atoms with Crippen LogP contribution < -0.4 is 21.1 Å². The number of nitrogens with one attached hydrogen (secondary N) is 2. The molecule has 0 heterocycles. The van der Waals surface area contributed by atoms with Crippen molar-refractivity contribution < 1.29 is 23.5 Å². The molecule has 2 rings (SSSR count). The van der Waals surface area contributed by atoms with Crippen molar-refractivity contribution in [2.45, 2.75) is 31.8 Å². The van der Waals surface area contributed by atoms with E-state index in [2.05, 4.69) is 10.6 Å². The molecule has 7 nitrogen and oxygen atoms in total. The molecule has 2 atom stereocenters. The number of methoxy groups -OCH3 is 1. The third-order valence-corrected chi connectivity index (χ3v) is 4.26. The summed E-state index contributed by atoms with van der Waals surface area (Å²) in [7, 11) is 1.52. The lowest BCUT2D eigenvalue weighted by Gasteiger charge is -2.22. The molecule has 0 aliphatic carbocycles. The van der Waals surface area contributed by atoms with Gasteiger partial charge >= 0.3 is 0 Å². The van der Waals surface area contributed by atoms with Crippen LogP contribution in [-0.2, 0) is 27.2 Å². The fourth-order valence-corrected chi connectivity index (χ4v) is 2.88. The number of amides is 3. The molecule has 3 amide bonds. The van der Waals surface area contributed by atoms with Gasteiger partial charge in [-0.25, -0.2) is 4.39 Å². The highest BCUT2D eigenvalue weighted by atomic mass is 19.1. The van der Waals surface area contributed by atoms with Gasteiger partial charge in [-0.1, -0.05) is 24.3 Å². The normalized spacial score (nSPS) is 12.5. The maximum Gasteiger partial charge on any atom is 0.243 e. The molecule has 0 aromatic heterocycles. The summed E-state index contributed by atoms with van der Waals surface area (Å²) in [4.78, 5) is 36.2. The first kappa shape index (κ1) is 21.9. The van der Waals surface area contributed by atoms with Gasteiger partial charge in [0, 0.05) is 19.8 Å². The molecular weight excluding hydrogens is 377 g/mol. The van der Waals surface area contributed by atoms with E-state index in [0.29, 0.717) is 11.3 Å². The zero-order chi connectivity index (χ0) is 21.4. The zero-order valence-electron chi connectivity index (χ0n) is 16.3. The van der Waals surface area contributed by atoms with Crippen LogP contribution in [0.25, 0.3) is 0 Å². The third-order valence-electron chi connectivity index (χ3n) is 4.26. The average molecular weight is 401 g/mol. The van der Waals surface area contributed by atoms with E-state index in [-0.39, 0.29) is 12.8 Å². The minimum Gasteiger partial charge on any atom is -0.497 e. The Morgan fingerprint density at radius 3 is 2.21 bits per heavy atom. The van der Waals surface area contributed by atoms with Crippen molar-refractivity contribution >= 4 is 17.7 Å². The summed E-state index contributed by atoms with van der Waals surface area (Å²) in [5, 5.41) is 5.11. The molecule has 0 saturated carbocycles. The van der Waals surface area contributed by atoms with Crippen molar-refractivity contribution in [1.29, 1.82) is 0 Å². The fraction of sp³-hybridized carbons (Fsp3) is 0.286. The van der Waals surface area contributed by atoms with Crippen LogP contribution >= 0.6 is 0 Å². The van der Waals surface area contributed by atoms with E-state index in [1.807, 2.05) is 0 Å². The topological polar surface area (TPSA) is 111 Å². The molecule has 0 saturated heterocycles. The van der Waals surface area contributed by atoms with Gasteiger partial charge < -0.3 is 21.1 Å². The highest BCUT2D eigenvalue weighted by molar-refractivity contribution is 5.91. The third kappa shape index (κ3) is 6.91. The molecule has 0 radical (unpaired) electrons. The van der Waals surface area contributed by atoms with Crippen LogP contribution in [0.2, 0.25) is 0 Å². The van der Waals surface area contributed by atoms with Gasteiger partial charge in [0.25, 0.3) is 0 Å². The predicted molar refractivity (Wildman–Crippen MR) is 106 cm³/mol. The SMILES string of the molecule is COc1cccc(C[C@H](NC(=O)[C@H](Cc2cccc(F)c2)NC(C)=O)C(N)=O)c1. The second kappa shape index (κ2) is 10.2. The van der Waals surface area contributed by atoms with E-state index in [1.165, 1.54) is 32.2 Å². The van der Waals surface area contributed by atoms with E-state index in [1.54, 1.807) is 30.3 Å². The number of halogens is 1. The molecule has 2 aromatic carbocycles. The monoisotopic (exact) mass is 401 g/mol. The van der Waals surface area contributed by atoms with Gasteiger partial charge in [-0.05, 0) is 35.4 Å². The van der Waals surface area contributed by atoms with Crippen molar-refractivity contribution in [3.63, 3.8) is 0 Å². The van der Waals surface area contributed by atoms with Crippen molar-refractivity contribution in [1.82, 2.24) is 10.6 Å². The summed E-state index contributed by atoms with van der Waals surface area (Å²) >= 11 is 0. The molecule has 0 spiro atoms. The van der Waals surface area contributed by atoms with Crippen molar-refractivity contribution in [3.8, 4) is 5.75 Å². The lowest BCUT2D eigenvalue weighted by atomic mass is 10.0. The molecule has 0 bridgehead atoms. The summed E-state index contributed by atoms with van der Waals surface area (Å²) < 4.78 is 18.6. The van der Waals surface area contributed by atoms with Crippen LogP contribution in [0, 0.1) is 5.82 Å². The average Bonchev–Trinajstić information content (AvgIpc) is 2.66. The molecule has 4 N–H and O–H groups in total. The number of nitrogens with two attached hydrogens (primary N) is 1. The highest BCUT2D eigenvalue weighted by Gasteiger charge is 2.25. The molecule has 8 heteroatoms. The fourth-order valence-electron chi connectivity index (χ4n) is 2.88. The predicted octanol–water partition coefficient (Wildman–Crippen LogP) is 1.09. The number of primary amides is 1. The Morgan fingerprint density at radius 2 is 1.62 bits per heavy atom. The Hall–Kier alpha value is -3.42. The van der Waals surface area contributed by atoms with Gasteiger partial charge in [-0.3, -0.25) is 14.4 Å². The first-order valence-electron chi connectivity index (χ1n) is 9.02. The number of carbonyl (C=O) groups is 3. The largest absolute Gasteiger partial charge is 0.497 e. The molecule has 0 aliphatic heterocycles. The van der Waals surface area contributed by atoms with Gasteiger partial charge in [0.15, 0.2) is 0 Å². The van der Waals surface area contributed by atoms with Crippen molar-refractivity contribution in [3.05, 3.63) is 65.5 Å². The first-order valence-corrected chi connectivity index (χ1v) is 9.02. The molecule has 0 fully saturated rings. The maximum atomic E-state index is 13.4. The van der Waals surface area contributed by atoms with Gasteiger partial charge in [-0.2, -0.15) is 0 Å². The van der Waals surface area contributed by atoms with Gasteiger partial charge in [0.05, 0.1) is 7.11 Å². The number of ether oxygens (including phenoxy) is 1. The van der Waals surface area contributed by atoms with Crippen LogP contribution in [0.15, 0.2) is 48.5 Å². The molecule has 29 heavy (non-hydrogen) atoms.